The number of phenols is 1. The van der Waals surface area contributed by atoms with E-state index >= 15 is 0 Å². The molecule has 1 rings (SSSR count). The Bertz CT molecular complexity index is 421. The van der Waals surface area contributed by atoms with Crippen molar-refractivity contribution in [3.63, 3.8) is 0 Å². The lowest BCUT2D eigenvalue weighted by molar-refractivity contribution is -0.138. The number of alkyl halides is 5. The maximum Gasteiger partial charge on any atom is 0.420 e. The molecular weight excluding hydrogens is 313 g/mol. The normalized spacial score (nSPS) is 14.1. The molecule has 1 aromatic carbocycles. The molecule has 17 heavy (non-hydrogen) atoms. The molecule has 0 heterocycles. The van der Waals surface area contributed by atoms with Crippen LogP contribution in [0.3, 0.4) is 0 Å². The van der Waals surface area contributed by atoms with Gasteiger partial charge in [0.15, 0.2) is 0 Å². The monoisotopic (exact) mass is 319 g/mol. The molecule has 0 amide bonds. The SMILES string of the molecule is N[C@H](c1cc(Br)cc(C(F)(F)F)c1O)C(F)F. The molecule has 0 aliphatic carbocycles. The summed E-state index contributed by atoms with van der Waals surface area (Å²) in [6.45, 7) is 0. The van der Waals surface area contributed by atoms with E-state index in [1.165, 1.54) is 0 Å². The summed E-state index contributed by atoms with van der Waals surface area (Å²) >= 11 is 2.75. The fraction of sp³-hybridized carbons (Fsp3) is 0.333. The maximum atomic E-state index is 12.5. The Kier molecular flexibility index (Phi) is 3.98. The van der Waals surface area contributed by atoms with Crippen LogP contribution in [0.25, 0.3) is 0 Å². The quantitative estimate of drug-likeness (QED) is 0.820. The van der Waals surface area contributed by atoms with Crippen molar-refractivity contribution in [1.82, 2.24) is 0 Å². The van der Waals surface area contributed by atoms with Crippen LogP contribution < -0.4 is 5.73 Å². The number of aromatic hydroxyl groups is 1. The minimum Gasteiger partial charge on any atom is -0.507 e. The summed E-state index contributed by atoms with van der Waals surface area (Å²) in [7, 11) is 0. The van der Waals surface area contributed by atoms with Gasteiger partial charge in [0.2, 0.25) is 0 Å². The molecule has 1 aromatic rings. The van der Waals surface area contributed by atoms with E-state index < -0.39 is 35.5 Å². The summed E-state index contributed by atoms with van der Waals surface area (Å²) in [5.41, 5.74) is 2.97. The van der Waals surface area contributed by atoms with Crippen molar-refractivity contribution in [1.29, 1.82) is 0 Å². The summed E-state index contributed by atoms with van der Waals surface area (Å²) in [6, 6.07) is -0.452. The third-order valence-corrected chi connectivity index (χ3v) is 2.50. The lowest BCUT2D eigenvalue weighted by Crippen LogP contribution is -2.20. The third kappa shape index (κ3) is 3.06. The molecule has 0 spiro atoms. The third-order valence-electron chi connectivity index (χ3n) is 2.04. The first-order valence-electron chi connectivity index (χ1n) is 4.28. The van der Waals surface area contributed by atoms with E-state index in [-0.39, 0.29) is 4.47 Å². The van der Waals surface area contributed by atoms with Crippen LogP contribution in [0, 0.1) is 0 Å². The van der Waals surface area contributed by atoms with Crippen molar-refractivity contribution in [3.8, 4) is 5.75 Å². The molecule has 0 bridgehead atoms. The molecule has 8 heteroatoms. The highest BCUT2D eigenvalue weighted by Gasteiger charge is 2.36. The zero-order valence-electron chi connectivity index (χ0n) is 8.10. The van der Waals surface area contributed by atoms with Crippen LogP contribution in [0.1, 0.15) is 17.2 Å². The number of nitrogens with two attached hydrogens (primary N) is 1. The van der Waals surface area contributed by atoms with Crippen LogP contribution in [0.2, 0.25) is 0 Å². The molecule has 1 atom stereocenters. The predicted molar refractivity (Wildman–Crippen MR) is 53.7 cm³/mol. The van der Waals surface area contributed by atoms with Gasteiger partial charge < -0.3 is 10.8 Å². The van der Waals surface area contributed by atoms with E-state index in [2.05, 4.69) is 15.9 Å². The van der Waals surface area contributed by atoms with E-state index in [0.29, 0.717) is 6.07 Å². The number of phenolic OH excluding ortho intramolecular Hbond substituents is 1. The Morgan fingerprint density at radius 2 is 1.76 bits per heavy atom. The van der Waals surface area contributed by atoms with Crippen molar-refractivity contribution >= 4 is 15.9 Å². The minimum atomic E-state index is -4.84. The Balaban J connectivity index is 3.39. The second-order valence-corrected chi connectivity index (χ2v) is 4.16. The molecule has 0 saturated heterocycles. The first kappa shape index (κ1) is 14.2. The molecule has 0 saturated carbocycles. The molecule has 3 N–H and O–H groups in total. The Labute approximate surface area is 101 Å². The van der Waals surface area contributed by atoms with Crippen LogP contribution >= 0.6 is 15.9 Å². The van der Waals surface area contributed by atoms with E-state index in [1.807, 2.05) is 0 Å². The number of rotatable bonds is 2. The summed E-state index contributed by atoms with van der Waals surface area (Å²) in [6.07, 6.45) is -7.92. The van der Waals surface area contributed by atoms with Gasteiger partial charge in [-0.3, -0.25) is 0 Å². The molecule has 0 aliphatic heterocycles. The molecule has 0 aromatic heterocycles. The molecule has 0 aliphatic rings. The minimum absolute atomic E-state index is 0.0891. The van der Waals surface area contributed by atoms with Gasteiger partial charge in [0.25, 0.3) is 6.43 Å². The fourth-order valence-electron chi connectivity index (χ4n) is 1.23. The van der Waals surface area contributed by atoms with Crippen LogP contribution in [-0.2, 0) is 6.18 Å². The first-order valence-corrected chi connectivity index (χ1v) is 5.07. The Hall–Kier alpha value is -0.890. The zero-order chi connectivity index (χ0) is 13.4. The lowest BCUT2D eigenvalue weighted by atomic mass is 10.0. The molecular formula is C9H7BrF5NO. The molecule has 0 fully saturated rings. The molecule has 0 radical (unpaired) electrons. The highest BCUT2D eigenvalue weighted by atomic mass is 79.9. The standard InChI is InChI=1S/C9H7BrF5NO/c10-3-1-4(6(16)8(11)12)7(17)5(2-3)9(13,14)15/h1-2,6,8,17H,16H2/t6-/m1/s1. The molecule has 0 unspecified atom stereocenters. The summed E-state index contributed by atoms with van der Waals surface area (Å²) in [4.78, 5) is 0. The summed E-state index contributed by atoms with van der Waals surface area (Å²) in [5, 5.41) is 9.31. The number of hydrogen-bond acceptors (Lipinski definition) is 2. The second-order valence-electron chi connectivity index (χ2n) is 3.25. The van der Waals surface area contributed by atoms with Gasteiger partial charge in [0.1, 0.15) is 5.75 Å². The van der Waals surface area contributed by atoms with E-state index in [0.717, 1.165) is 6.07 Å². The Morgan fingerprint density at radius 1 is 1.24 bits per heavy atom. The molecule has 2 nitrogen and oxygen atoms in total. The molecule has 96 valence electrons. The fourth-order valence-corrected chi connectivity index (χ4v) is 1.70. The van der Waals surface area contributed by atoms with Crippen LogP contribution in [0.5, 0.6) is 5.75 Å². The highest BCUT2D eigenvalue weighted by Crippen LogP contribution is 2.41. The predicted octanol–water partition coefficient (Wildman–Crippen LogP) is 3.44. The number of benzene rings is 1. The smallest absolute Gasteiger partial charge is 0.420 e. The van der Waals surface area contributed by atoms with Crippen LogP contribution in [0.15, 0.2) is 16.6 Å². The number of halogens is 6. The lowest BCUT2D eigenvalue weighted by Gasteiger charge is -2.17. The first-order chi connectivity index (χ1) is 7.64. The van der Waals surface area contributed by atoms with E-state index in [4.69, 9.17) is 5.73 Å². The van der Waals surface area contributed by atoms with E-state index in [9.17, 15) is 27.1 Å². The van der Waals surface area contributed by atoms with Gasteiger partial charge in [-0.2, -0.15) is 13.2 Å². The van der Waals surface area contributed by atoms with Gasteiger partial charge in [-0.15, -0.1) is 0 Å². The van der Waals surface area contributed by atoms with Gasteiger partial charge in [-0.05, 0) is 12.1 Å². The van der Waals surface area contributed by atoms with Crippen LogP contribution in [-0.4, -0.2) is 11.5 Å². The summed E-state index contributed by atoms with van der Waals surface area (Å²) < 4.78 is 61.9. The number of hydrogen-bond donors (Lipinski definition) is 2. The van der Waals surface area contributed by atoms with Gasteiger partial charge in [-0.1, -0.05) is 15.9 Å². The zero-order valence-corrected chi connectivity index (χ0v) is 9.69. The highest BCUT2D eigenvalue weighted by molar-refractivity contribution is 9.10. The van der Waals surface area contributed by atoms with Crippen molar-refractivity contribution in [2.24, 2.45) is 5.73 Å². The average Bonchev–Trinajstić information content (AvgIpc) is 2.18. The topological polar surface area (TPSA) is 46.2 Å². The van der Waals surface area contributed by atoms with Crippen molar-refractivity contribution in [2.45, 2.75) is 18.6 Å². The van der Waals surface area contributed by atoms with Crippen molar-refractivity contribution in [2.75, 3.05) is 0 Å². The van der Waals surface area contributed by atoms with Gasteiger partial charge in [-0.25, -0.2) is 8.78 Å². The van der Waals surface area contributed by atoms with Crippen LogP contribution in [0.4, 0.5) is 22.0 Å². The van der Waals surface area contributed by atoms with E-state index in [1.54, 1.807) is 0 Å². The van der Waals surface area contributed by atoms with Gasteiger partial charge >= 0.3 is 6.18 Å². The largest absolute Gasteiger partial charge is 0.507 e. The van der Waals surface area contributed by atoms with Gasteiger partial charge in [0.05, 0.1) is 11.6 Å². The van der Waals surface area contributed by atoms with Gasteiger partial charge in [0, 0.05) is 10.0 Å². The second kappa shape index (κ2) is 4.77. The van der Waals surface area contributed by atoms with Crippen molar-refractivity contribution in [3.05, 3.63) is 27.7 Å². The van der Waals surface area contributed by atoms with Crippen molar-refractivity contribution < 1.29 is 27.1 Å². The Morgan fingerprint density at radius 3 is 2.18 bits per heavy atom. The average molecular weight is 320 g/mol. The maximum absolute atomic E-state index is 12.5. The summed E-state index contributed by atoms with van der Waals surface area (Å²) in [5.74, 6) is -1.27.